The van der Waals surface area contributed by atoms with E-state index in [-0.39, 0.29) is 35.8 Å². The number of rotatable bonds is 7. The molecular weight excluding hydrogens is 503 g/mol. The summed E-state index contributed by atoms with van der Waals surface area (Å²) in [5.41, 5.74) is 0.470. The van der Waals surface area contributed by atoms with Gasteiger partial charge in [0.2, 0.25) is 5.91 Å². The Labute approximate surface area is 194 Å². The maximum absolute atomic E-state index is 14.0. The number of amides is 1. The number of benzene rings is 1. The minimum absolute atomic E-state index is 0. The molecule has 1 saturated heterocycles. The fourth-order valence-electron chi connectivity index (χ4n) is 3.47. The van der Waals surface area contributed by atoms with Gasteiger partial charge in [-0.15, -0.1) is 24.0 Å². The van der Waals surface area contributed by atoms with Gasteiger partial charge < -0.3 is 15.5 Å². The van der Waals surface area contributed by atoms with Crippen LogP contribution in [0.25, 0.3) is 0 Å². The van der Waals surface area contributed by atoms with Gasteiger partial charge in [-0.3, -0.25) is 14.7 Å². The van der Waals surface area contributed by atoms with Crippen molar-refractivity contribution in [1.29, 1.82) is 0 Å². The molecule has 2 aliphatic rings. The summed E-state index contributed by atoms with van der Waals surface area (Å²) in [6, 6.07) is 4.08. The van der Waals surface area contributed by atoms with Crippen molar-refractivity contribution in [2.75, 3.05) is 45.8 Å². The van der Waals surface area contributed by atoms with Gasteiger partial charge in [-0.25, -0.2) is 8.78 Å². The Kier molecular flexibility index (Phi) is 9.73. The molecule has 0 spiro atoms. The van der Waals surface area contributed by atoms with Gasteiger partial charge in [0.25, 0.3) is 0 Å². The summed E-state index contributed by atoms with van der Waals surface area (Å²) in [7, 11) is 0. The molecule has 1 aliphatic carbocycles. The van der Waals surface area contributed by atoms with Crippen LogP contribution in [0.4, 0.5) is 8.78 Å². The molecule has 1 amide bonds. The lowest BCUT2D eigenvalue weighted by Gasteiger charge is -2.36. The number of nitrogens with zero attached hydrogens (tertiary/aromatic N) is 3. The van der Waals surface area contributed by atoms with Crippen molar-refractivity contribution in [3.63, 3.8) is 0 Å². The van der Waals surface area contributed by atoms with E-state index in [0.717, 1.165) is 57.6 Å². The van der Waals surface area contributed by atoms with Gasteiger partial charge in [-0.1, -0.05) is 13.0 Å². The quantitative estimate of drug-likeness (QED) is 0.320. The van der Waals surface area contributed by atoms with Crippen LogP contribution in [0.3, 0.4) is 0 Å². The van der Waals surface area contributed by atoms with E-state index in [1.807, 2.05) is 13.8 Å². The van der Waals surface area contributed by atoms with Gasteiger partial charge in [0, 0.05) is 57.3 Å². The second kappa shape index (κ2) is 11.8. The molecule has 6 nitrogen and oxygen atoms in total. The summed E-state index contributed by atoms with van der Waals surface area (Å²) >= 11 is 0. The highest BCUT2D eigenvalue weighted by Gasteiger charge is 2.26. The molecule has 30 heavy (non-hydrogen) atoms. The van der Waals surface area contributed by atoms with Crippen LogP contribution in [0, 0.1) is 11.6 Å². The molecule has 1 atom stereocenters. The standard InChI is InChI=1S/C21H31F2N5O.HI/c1-3-24-21(25-13-15(2)18-7-4-16(22)12-19(18)23)28-10-8-27(9-11-28)14-20(29)26-17-5-6-17;/h4,7,12,15,17H,3,5-6,8-11,13-14H2,1-2H3,(H,24,25)(H,26,29);1H. The molecule has 0 aromatic heterocycles. The molecule has 168 valence electrons. The van der Waals surface area contributed by atoms with Gasteiger partial charge in [-0.05, 0) is 31.4 Å². The van der Waals surface area contributed by atoms with Gasteiger partial charge in [0.1, 0.15) is 11.6 Å². The molecular formula is C21H32F2IN5O. The number of hydrogen-bond donors (Lipinski definition) is 2. The lowest BCUT2D eigenvalue weighted by atomic mass is 10.0. The molecule has 0 radical (unpaired) electrons. The number of carbonyl (C=O) groups excluding carboxylic acids is 1. The number of hydrogen-bond acceptors (Lipinski definition) is 3. The first-order chi connectivity index (χ1) is 14.0. The Morgan fingerprint density at radius 1 is 1.23 bits per heavy atom. The summed E-state index contributed by atoms with van der Waals surface area (Å²) < 4.78 is 27.1. The first-order valence-electron chi connectivity index (χ1n) is 10.5. The first-order valence-corrected chi connectivity index (χ1v) is 10.5. The molecule has 1 aromatic rings. The largest absolute Gasteiger partial charge is 0.357 e. The molecule has 1 unspecified atom stereocenters. The highest BCUT2D eigenvalue weighted by molar-refractivity contribution is 14.0. The van der Waals surface area contributed by atoms with Crippen LogP contribution in [0.1, 0.15) is 38.2 Å². The van der Waals surface area contributed by atoms with Crippen molar-refractivity contribution >= 4 is 35.8 Å². The molecule has 1 aromatic carbocycles. The molecule has 2 N–H and O–H groups in total. The van der Waals surface area contributed by atoms with Crippen molar-refractivity contribution in [1.82, 2.24) is 20.4 Å². The highest BCUT2D eigenvalue weighted by atomic mass is 127. The number of halogens is 3. The fourth-order valence-corrected chi connectivity index (χ4v) is 3.47. The van der Waals surface area contributed by atoms with Crippen molar-refractivity contribution in [2.45, 2.75) is 38.6 Å². The highest BCUT2D eigenvalue weighted by Crippen LogP contribution is 2.20. The van der Waals surface area contributed by atoms with E-state index in [2.05, 4.69) is 25.4 Å². The number of guanidine groups is 1. The maximum Gasteiger partial charge on any atom is 0.234 e. The monoisotopic (exact) mass is 535 g/mol. The average molecular weight is 535 g/mol. The van der Waals surface area contributed by atoms with E-state index >= 15 is 0 Å². The lowest BCUT2D eigenvalue weighted by molar-refractivity contribution is -0.122. The Morgan fingerprint density at radius 2 is 1.93 bits per heavy atom. The van der Waals surface area contributed by atoms with E-state index < -0.39 is 11.6 Å². The number of nitrogens with one attached hydrogen (secondary N) is 2. The summed E-state index contributed by atoms with van der Waals surface area (Å²) in [4.78, 5) is 21.0. The second-order valence-corrected chi connectivity index (χ2v) is 7.87. The Balaban J connectivity index is 0.00000320. The zero-order valence-electron chi connectivity index (χ0n) is 17.7. The average Bonchev–Trinajstić information content (AvgIpc) is 3.49. The van der Waals surface area contributed by atoms with Crippen molar-refractivity contribution in [2.24, 2.45) is 4.99 Å². The van der Waals surface area contributed by atoms with E-state index in [1.54, 1.807) is 0 Å². The zero-order chi connectivity index (χ0) is 20.8. The topological polar surface area (TPSA) is 60.0 Å². The third kappa shape index (κ3) is 7.33. The molecule has 3 rings (SSSR count). The van der Waals surface area contributed by atoms with Gasteiger partial charge in [0.05, 0.1) is 6.54 Å². The Morgan fingerprint density at radius 3 is 2.53 bits per heavy atom. The van der Waals surface area contributed by atoms with E-state index in [0.29, 0.717) is 24.7 Å². The third-order valence-electron chi connectivity index (χ3n) is 5.32. The van der Waals surface area contributed by atoms with Gasteiger partial charge in [0.15, 0.2) is 5.96 Å². The third-order valence-corrected chi connectivity index (χ3v) is 5.32. The van der Waals surface area contributed by atoms with Crippen LogP contribution in [-0.4, -0.2) is 73.5 Å². The van der Waals surface area contributed by atoms with E-state index in [9.17, 15) is 13.6 Å². The fraction of sp³-hybridized carbons (Fsp3) is 0.619. The summed E-state index contributed by atoms with van der Waals surface area (Å²) in [5.74, 6) is -0.355. The predicted octanol–water partition coefficient (Wildman–Crippen LogP) is 2.55. The van der Waals surface area contributed by atoms with Crippen LogP contribution >= 0.6 is 24.0 Å². The van der Waals surface area contributed by atoms with Crippen molar-refractivity contribution in [3.05, 3.63) is 35.4 Å². The van der Waals surface area contributed by atoms with Crippen LogP contribution in [-0.2, 0) is 4.79 Å². The maximum atomic E-state index is 14.0. The molecule has 0 bridgehead atoms. The summed E-state index contributed by atoms with van der Waals surface area (Å²) in [6.07, 6.45) is 2.20. The zero-order valence-corrected chi connectivity index (χ0v) is 20.0. The molecule has 1 saturated carbocycles. The van der Waals surface area contributed by atoms with E-state index in [1.165, 1.54) is 12.1 Å². The smallest absolute Gasteiger partial charge is 0.234 e. The first kappa shape index (κ1) is 24.8. The predicted molar refractivity (Wildman–Crippen MR) is 125 cm³/mol. The summed E-state index contributed by atoms with van der Waals surface area (Å²) in [6.45, 7) is 8.64. The van der Waals surface area contributed by atoms with Crippen molar-refractivity contribution < 1.29 is 13.6 Å². The Hall–Kier alpha value is -1.49. The Bertz CT molecular complexity index is 736. The van der Waals surface area contributed by atoms with Crippen LogP contribution in [0.2, 0.25) is 0 Å². The summed E-state index contributed by atoms with van der Waals surface area (Å²) in [5, 5.41) is 6.32. The number of aliphatic imine (C=N–C) groups is 1. The van der Waals surface area contributed by atoms with E-state index in [4.69, 9.17) is 0 Å². The van der Waals surface area contributed by atoms with Gasteiger partial charge in [-0.2, -0.15) is 0 Å². The van der Waals surface area contributed by atoms with Crippen LogP contribution < -0.4 is 10.6 Å². The minimum atomic E-state index is -0.570. The van der Waals surface area contributed by atoms with Crippen LogP contribution in [0.15, 0.2) is 23.2 Å². The molecule has 2 fully saturated rings. The van der Waals surface area contributed by atoms with Crippen molar-refractivity contribution in [3.8, 4) is 0 Å². The second-order valence-electron chi connectivity index (χ2n) is 7.87. The molecule has 9 heteroatoms. The number of carbonyl (C=O) groups is 1. The normalized spacial score (nSPS) is 18.5. The lowest BCUT2D eigenvalue weighted by Crippen LogP contribution is -2.54. The molecule has 1 aliphatic heterocycles. The SMILES string of the molecule is CCNC(=NCC(C)c1ccc(F)cc1F)N1CCN(CC(=O)NC2CC2)CC1.I. The molecule has 1 heterocycles. The van der Waals surface area contributed by atoms with Gasteiger partial charge >= 0.3 is 0 Å². The number of piperazine rings is 1. The van der Waals surface area contributed by atoms with Crippen LogP contribution in [0.5, 0.6) is 0 Å². The minimum Gasteiger partial charge on any atom is -0.357 e.